The Morgan fingerprint density at radius 2 is 1.67 bits per heavy atom. The van der Waals surface area contributed by atoms with Crippen LogP contribution in [0.2, 0.25) is 0 Å². The molecule has 0 spiro atoms. The van der Waals surface area contributed by atoms with Crippen molar-refractivity contribution in [2.75, 3.05) is 24.6 Å². The normalized spacial score (nSPS) is 9.94. The van der Waals surface area contributed by atoms with Crippen LogP contribution in [0.25, 0.3) is 0 Å². The van der Waals surface area contributed by atoms with E-state index >= 15 is 0 Å². The predicted octanol–water partition coefficient (Wildman–Crippen LogP) is 2.28. The van der Waals surface area contributed by atoms with Crippen molar-refractivity contribution in [3.8, 4) is 0 Å². The van der Waals surface area contributed by atoms with E-state index in [-0.39, 0.29) is 12.4 Å². The highest BCUT2D eigenvalue weighted by atomic mass is 16.5. The van der Waals surface area contributed by atoms with Gasteiger partial charge in [0.1, 0.15) is 0 Å². The molecule has 0 aromatic heterocycles. The second kappa shape index (κ2) is 6.79. The van der Waals surface area contributed by atoms with Gasteiger partial charge in [-0.05, 0) is 38.1 Å². The van der Waals surface area contributed by atoms with Gasteiger partial charge in [-0.25, -0.2) is 0 Å². The second-order valence-corrected chi connectivity index (χ2v) is 3.92. The molecule has 0 bridgehead atoms. The van der Waals surface area contributed by atoms with Gasteiger partial charge in [0.05, 0.1) is 0 Å². The number of carbonyl (C=O) groups is 2. The van der Waals surface area contributed by atoms with E-state index in [4.69, 9.17) is 0 Å². The number of hydrogen-bond acceptors (Lipinski definition) is 4. The van der Waals surface area contributed by atoms with E-state index in [1.165, 1.54) is 6.92 Å². The molecular weight excluding hydrogens is 230 g/mol. The average Bonchev–Trinajstić information content (AvgIpc) is 2.38. The number of ether oxygens (including phenoxy) is 1. The Kier molecular flexibility index (Phi) is 5.36. The van der Waals surface area contributed by atoms with Crippen LogP contribution in [-0.4, -0.2) is 31.4 Å². The number of rotatable bonds is 6. The average molecular weight is 249 g/mol. The minimum absolute atomic E-state index is 0.184. The molecule has 0 atom stereocenters. The Labute approximate surface area is 108 Å². The van der Waals surface area contributed by atoms with Gasteiger partial charge in [0, 0.05) is 31.3 Å². The van der Waals surface area contributed by atoms with Crippen LogP contribution in [0, 0.1) is 0 Å². The van der Waals surface area contributed by atoms with E-state index in [0.29, 0.717) is 5.56 Å². The first-order chi connectivity index (χ1) is 8.58. The molecule has 0 fully saturated rings. The van der Waals surface area contributed by atoms with Gasteiger partial charge in [-0.2, -0.15) is 0 Å². The zero-order valence-electron chi connectivity index (χ0n) is 11.1. The highest BCUT2D eigenvalue weighted by molar-refractivity contribution is 5.98. The third-order valence-electron chi connectivity index (χ3n) is 2.72. The Morgan fingerprint density at radius 3 is 2.11 bits per heavy atom. The van der Waals surface area contributed by atoms with Crippen molar-refractivity contribution in [1.82, 2.24) is 0 Å². The van der Waals surface area contributed by atoms with E-state index in [1.54, 1.807) is 12.1 Å². The van der Waals surface area contributed by atoms with Crippen molar-refractivity contribution in [2.45, 2.75) is 20.8 Å². The molecule has 98 valence electrons. The number of hydrogen-bond donors (Lipinski definition) is 0. The number of carbonyl (C=O) groups excluding carboxylic acids is 2. The van der Waals surface area contributed by atoms with Gasteiger partial charge in [0.25, 0.3) is 0 Å². The number of nitrogens with zero attached hydrogens (tertiary/aromatic N) is 1. The van der Waals surface area contributed by atoms with Crippen molar-refractivity contribution in [3.63, 3.8) is 0 Å². The van der Waals surface area contributed by atoms with Crippen LogP contribution in [0.1, 0.15) is 31.1 Å². The van der Waals surface area contributed by atoms with Gasteiger partial charge in [-0.3, -0.25) is 9.59 Å². The molecule has 1 aromatic rings. The maximum atomic E-state index is 11.7. The van der Waals surface area contributed by atoms with Gasteiger partial charge in [-0.1, -0.05) is 0 Å². The molecule has 4 nitrogen and oxygen atoms in total. The lowest BCUT2D eigenvalue weighted by Gasteiger charge is -2.20. The smallest absolute Gasteiger partial charge is 0.303 e. The molecule has 0 aliphatic heterocycles. The molecule has 0 unspecified atom stereocenters. The van der Waals surface area contributed by atoms with E-state index in [0.717, 1.165) is 18.8 Å². The highest BCUT2D eigenvalue weighted by Crippen LogP contribution is 2.15. The summed E-state index contributed by atoms with van der Waals surface area (Å²) in [7, 11) is 0. The molecule has 0 aliphatic carbocycles. The fourth-order valence-electron chi connectivity index (χ4n) is 1.70. The van der Waals surface area contributed by atoms with Crippen LogP contribution in [0.5, 0.6) is 0 Å². The maximum Gasteiger partial charge on any atom is 0.303 e. The van der Waals surface area contributed by atoms with Gasteiger partial charge >= 0.3 is 5.97 Å². The minimum atomic E-state index is -0.442. The molecule has 0 saturated heterocycles. The van der Waals surface area contributed by atoms with Gasteiger partial charge in [0.2, 0.25) is 0 Å². The highest BCUT2D eigenvalue weighted by Gasteiger charge is 2.08. The molecule has 0 saturated carbocycles. The first kappa shape index (κ1) is 14.2. The van der Waals surface area contributed by atoms with Crippen molar-refractivity contribution in [2.24, 2.45) is 0 Å². The van der Waals surface area contributed by atoms with E-state index in [2.05, 4.69) is 23.5 Å². The van der Waals surface area contributed by atoms with Crippen LogP contribution in [0.15, 0.2) is 24.3 Å². The van der Waals surface area contributed by atoms with Gasteiger partial charge in [0.15, 0.2) is 12.4 Å². The Hall–Kier alpha value is -1.84. The fourth-order valence-corrected chi connectivity index (χ4v) is 1.70. The van der Waals surface area contributed by atoms with E-state index < -0.39 is 5.97 Å². The predicted molar refractivity (Wildman–Crippen MR) is 71.0 cm³/mol. The molecule has 18 heavy (non-hydrogen) atoms. The summed E-state index contributed by atoms with van der Waals surface area (Å²) in [5.41, 5.74) is 1.65. The SMILES string of the molecule is CCN(CC)c1ccc(C(=O)COC(C)=O)cc1. The number of anilines is 1. The molecule has 0 radical (unpaired) electrons. The lowest BCUT2D eigenvalue weighted by Crippen LogP contribution is -2.21. The van der Waals surface area contributed by atoms with Crippen LogP contribution < -0.4 is 4.90 Å². The van der Waals surface area contributed by atoms with Crippen molar-refractivity contribution in [1.29, 1.82) is 0 Å². The molecular formula is C14H19NO3. The Bertz CT molecular complexity index is 408. The van der Waals surface area contributed by atoms with Crippen molar-refractivity contribution >= 4 is 17.4 Å². The number of benzene rings is 1. The second-order valence-electron chi connectivity index (χ2n) is 3.92. The zero-order chi connectivity index (χ0) is 13.5. The molecule has 1 rings (SSSR count). The summed E-state index contributed by atoms with van der Waals surface area (Å²) in [6, 6.07) is 7.35. The summed E-state index contributed by atoms with van der Waals surface area (Å²) in [6.45, 7) is 7.12. The fraction of sp³-hybridized carbons (Fsp3) is 0.429. The quantitative estimate of drug-likeness (QED) is 0.573. The van der Waals surface area contributed by atoms with Crippen molar-refractivity contribution < 1.29 is 14.3 Å². The van der Waals surface area contributed by atoms with E-state index in [1.807, 2.05) is 12.1 Å². The topological polar surface area (TPSA) is 46.6 Å². The summed E-state index contributed by atoms with van der Waals surface area (Å²) >= 11 is 0. The summed E-state index contributed by atoms with van der Waals surface area (Å²) in [6.07, 6.45) is 0. The lowest BCUT2D eigenvalue weighted by molar-refractivity contribution is -0.139. The monoisotopic (exact) mass is 249 g/mol. The summed E-state index contributed by atoms with van der Waals surface area (Å²) in [4.78, 5) is 24.5. The number of ketones is 1. The van der Waals surface area contributed by atoms with Crippen LogP contribution in [-0.2, 0) is 9.53 Å². The van der Waals surface area contributed by atoms with Crippen LogP contribution in [0.4, 0.5) is 5.69 Å². The Balaban J connectivity index is 2.70. The molecule has 0 amide bonds. The molecule has 0 N–H and O–H groups in total. The molecule has 0 heterocycles. The molecule has 0 aliphatic rings. The number of esters is 1. The third-order valence-corrected chi connectivity index (χ3v) is 2.72. The summed E-state index contributed by atoms with van der Waals surface area (Å²) in [5.74, 6) is -0.626. The Morgan fingerprint density at radius 1 is 1.11 bits per heavy atom. The van der Waals surface area contributed by atoms with Gasteiger partial charge in [-0.15, -0.1) is 0 Å². The van der Waals surface area contributed by atoms with Gasteiger partial charge < -0.3 is 9.64 Å². The summed E-state index contributed by atoms with van der Waals surface area (Å²) in [5, 5.41) is 0. The maximum absolute atomic E-state index is 11.7. The molecule has 4 heteroatoms. The van der Waals surface area contributed by atoms with Crippen LogP contribution in [0.3, 0.4) is 0 Å². The zero-order valence-corrected chi connectivity index (χ0v) is 11.1. The van der Waals surface area contributed by atoms with Crippen molar-refractivity contribution in [3.05, 3.63) is 29.8 Å². The number of Topliss-reactive ketones (excluding diaryl/α,β-unsaturated/α-hetero) is 1. The third kappa shape index (κ3) is 3.87. The first-order valence-electron chi connectivity index (χ1n) is 6.10. The minimum Gasteiger partial charge on any atom is -0.457 e. The standard InChI is InChI=1S/C14H19NO3/c1-4-15(5-2)13-8-6-12(7-9-13)14(17)10-18-11(3)16/h6-9H,4-5,10H2,1-3H3. The first-order valence-corrected chi connectivity index (χ1v) is 6.10. The summed E-state index contributed by atoms with van der Waals surface area (Å²) < 4.78 is 4.68. The largest absolute Gasteiger partial charge is 0.457 e. The van der Waals surface area contributed by atoms with E-state index in [9.17, 15) is 9.59 Å². The molecule has 1 aromatic carbocycles. The van der Waals surface area contributed by atoms with Crippen LogP contribution >= 0.6 is 0 Å². The lowest BCUT2D eigenvalue weighted by atomic mass is 10.1.